The first-order valence-corrected chi connectivity index (χ1v) is 10.0. The molecule has 0 spiro atoms. The minimum Gasteiger partial charge on any atom is -0.399 e. The van der Waals surface area contributed by atoms with Crippen LogP contribution < -0.4 is 10.4 Å². The zero-order chi connectivity index (χ0) is 21.0. The van der Waals surface area contributed by atoms with Crippen LogP contribution in [0.15, 0.2) is 30.5 Å². The van der Waals surface area contributed by atoms with Gasteiger partial charge in [-0.3, -0.25) is 4.79 Å². The summed E-state index contributed by atoms with van der Waals surface area (Å²) < 4.78 is 27.2. The summed E-state index contributed by atoms with van der Waals surface area (Å²) in [6, 6.07) is 6.76. The second kappa shape index (κ2) is 7.08. The molecule has 1 saturated heterocycles. The smallest absolute Gasteiger partial charge is 0.399 e. The molecule has 0 saturated carbocycles. The summed E-state index contributed by atoms with van der Waals surface area (Å²) in [6.45, 7) is 8.26. The highest BCUT2D eigenvalue weighted by atomic mass is 35.5. The van der Waals surface area contributed by atoms with Crippen LogP contribution in [0.4, 0.5) is 10.1 Å². The molecule has 4 rings (SSSR count). The van der Waals surface area contributed by atoms with Gasteiger partial charge in [-0.25, -0.2) is 9.37 Å². The van der Waals surface area contributed by atoms with E-state index in [4.69, 9.17) is 20.9 Å². The van der Waals surface area contributed by atoms with Crippen molar-refractivity contribution in [1.82, 2.24) is 4.98 Å². The van der Waals surface area contributed by atoms with Gasteiger partial charge in [0.25, 0.3) is 0 Å². The molecule has 8 heteroatoms. The zero-order valence-corrected chi connectivity index (χ0v) is 17.7. The third kappa shape index (κ3) is 3.56. The van der Waals surface area contributed by atoms with Crippen LogP contribution in [-0.2, 0) is 26.9 Å². The van der Waals surface area contributed by atoms with E-state index < -0.39 is 24.1 Å². The molecule has 0 unspecified atom stereocenters. The second-order valence-corrected chi connectivity index (χ2v) is 8.88. The molecular weight excluding hydrogens is 394 g/mol. The number of pyridine rings is 1. The molecule has 152 valence electrons. The van der Waals surface area contributed by atoms with Gasteiger partial charge in [0.15, 0.2) is 0 Å². The maximum Gasteiger partial charge on any atom is 0.494 e. The highest BCUT2D eigenvalue weighted by Crippen LogP contribution is 2.37. The molecular formula is C21H23BClFN2O3. The number of carbonyl (C=O) groups excluding carboxylic acids is 1. The van der Waals surface area contributed by atoms with Crippen molar-refractivity contribution in [3.63, 3.8) is 0 Å². The molecule has 0 aliphatic carbocycles. The Bertz CT molecular complexity index is 966. The first-order valence-electron chi connectivity index (χ1n) is 9.67. The van der Waals surface area contributed by atoms with Crippen molar-refractivity contribution < 1.29 is 18.5 Å². The first-order chi connectivity index (χ1) is 13.6. The summed E-state index contributed by atoms with van der Waals surface area (Å²) in [4.78, 5) is 18.3. The Hall–Kier alpha value is -1.96. The average molecular weight is 417 g/mol. The van der Waals surface area contributed by atoms with Crippen molar-refractivity contribution >= 4 is 35.8 Å². The summed E-state index contributed by atoms with van der Waals surface area (Å²) in [6.07, 6.45) is 2.22. The fourth-order valence-electron chi connectivity index (χ4n) is 3.69. The number of hydrogen-bond acceptors (Lipinski definition) is 4. The summed E-state index contributed by atoms with van der Waals surface area (Å²) in [5.74, 6) is -0.656. The Labute approximate surface area is 175 Å². The van der Waals surface area contributed by atoms with Crippen LogP contribution in [0.5, 0.6) is 0 Å². The molecule has 0 radical (unpaired) electrons. The van der Waals surface area contributed by atoms with Gasteiger partial charge in [0, 0.05) is 12.7 Å². The normalized spacial score (nSPS) is 19.5. The van der Waals surface area contributed by atoms with E-state index in [1.807, 2.05) is 33.8 Å². The molecule has 0 N–H and O–H groups in total. The molecule has 2 aliphatic rings. The molecule has 5 nitrogen and oxygen atoms in total. The standard InChI is InChI=1S/C21H23BClFN2O3/c1-20(2)21(3,4)29-22(28-20)15-10-13-7-9-26(18(13)16(24)12-15)17(27)11-14-6-5-8-25-19(14)23/h5-6,8,10,12H,7,9,11H2,1-4H3. The summed E-state index contributed by atoms with van der Waals surface area (Å²) in [5, 5.41) is 0.289. The van der Waals surface area contributed by atoms with Gasteiger partial charge in [0.2, 0.25) is 5.91 Å². The molecule has 0 bridgehead atoms. The lowest BCUT2D eigenvalue weighted by atomic mass is 9.78. The van der Waals surface area contributed by atoms with Crippen LogP contribution >= 0.6 is 11.6 Å². The molecule has 1 aromatic heterocycles. The van der Waals surface area contributed by atoms with Crippen molar-refractivity contribution in [1.29, 1.82) is 0 Å². The van der Waals surface area contributed by atoms with E-state index in [9.17, 15) is 4.79 Å². The number of benzene rings is 1. The molecule has 0 atom stereocenters. The van der Waals surface area contributed by atoms with E-state index >= 15 is 4.39 Å². The minimum absolute atomic E-state index is 0.0739. The van der Waals surface area contributed by atoms with Gasteiger partial charge in [-0.05, 0) is 62.8 Å². The van der Waals surface area contributed by atoms with Gasteiger partial charge in [-0.15, -0.1) is 0 Å². The van der Waals surface area contributed by atoms with Gasteiger partial charge in [0.1, 0.15) is 11.0 Å². The second-order valence-electron chi connectivity index (χ2n) is 8.52. The Morgan fingerprint density at radius 3 is 2.62 bits per heavy atom. The predicted octanol–water partition coefficient (Wildman–Crippen LogP) is 3.31. The number of nitrogens with zero attached hydrogens (tertiary/aromatic N) is 2. The van der Waals surface area contributed by atoms with Crippen LogP contribution in [0.1, 0.15) is 38.8 Å². The van der Waals surface area contributed by atoms with E-state index in [-0.39, 0.29) is 17.5 Å². The van der Waals surface area contributed by atoms with Crippen LogP contribution in [0.3, 0.4) is 0 Å². The van der Waals surface area contributed by atoms with E-state index in [2.05, 4.69) is 4.98 Å². The highest BCUT2D eigenvalue weighted by Gasteiger charge is 2.52. The number of fused-ring (bicyclic) bond motifs is 1. The number of amides is 1. The summed E-state index contributed by atoms with van der Waals surface area (Å²) in [7, 11) is -0.640. The number of hydrogen-bond donors (Lipinski definition) is 0. The Balaban J connectivity index is 1.59. The fourth-order valence-corrected chi connectivity index (χ4v) is 3.88. The highest BCUT2D eigenvalue weighted by molar-refractivity contribution is 6.62. The van der Waals surface area contributed by atoms with Gasteiger partial charge in [-0.2, -0.15) is 0 Å². The number of aromatic nitrogens is 1. The lowest BCUT2D eigenvalue weighted by Gasteiger charge is -2.32. The molecule has 2 aromatic rings. The topological polar surface area (TPSA) is 51.7 Å². The third-order valence-electron chi connectivity index (χ3n) is 6.04. The average Bonchev–Trinajstić information content (AvgIpc) is 3.15. The molecule has 1 fully saturated rings. The van der Waals surface area contributed by atoms with Crippen LogP contribution in [-0.4, -0.2) is 35.8 Å². The van der Waals surface area contributed by atoms with Crippen molar-refractivity contribution in [2.45, 2.75) is 51.7 Å². The fraction of sp³-hybridized carbons (Fsp3) is 0.429. The Kier molecular flexibility index (Phi) is 4.96. The molecule has 29 heavy (non-hydrogen) atoms. The van der Waals surface area contributed by atoms with E-state index in [1.165, 1.54) is 11.0 Å². The summed E-state index contributed by atoms with van der Waals surface area (Å²) in [5.41, 5.74) is 1.36. The summed E-state index contributed by atoms with van der Waals surface area (Å²) >= 11 is 6.06. The lowest BCUT2D eigenvalue weighted by Crippen LogP contribution is -2.41. The SMILES string of the molecule is CC1(C)OB(c2cc(F)c3c(c2)CCN3C(=O)Cc2cccnc2Cl)OC1(C)C. The van der Waals surface area contributed by atoms with Gasteiger partial charge in [-0.1, -0.05) is 23.7 Å². The number of anilines is 1. The van der Waals surface area contributed by atoms with Crippen LogP contribution in [0.2, 0.25) is 5.15 Å². The lowest BCUT2D eigenvalue weighted by molar-refractivity contribution is -0.117. The Morgan fingerprint density at radius 1 is 1.28 bits per heavy atom. The van der Waals surface area contributed by atoms with Crippen molar-refractivity contribution in [2.75, 3.05) is 11.4 Å². The van der Waals surface area contributed by atoms with E-state index in [0.29, 0.717) is 29.7 Å². The third-order valence-corrected chi connectivity index (χ3v) is 6.38. The molecule has 2 aliphatic heterocycles. The van der Waals surface area contributed by atoms with Gasteiger partial charge >= 0.3 is 7.12 Å². The van der Waals surface area contributed by atoms with Crippen LogP contribution in [0, 0.1) is 5.82 Å². The van der Waals surface area contributed by atoms with Gasteiger partial charge < -0.3 is 14.2 Å². The monoisotopic (exact) mass is 416 g/mol. The van der Waals surface area contributed by atoms with Crippen LogP contribution in [0.25, 0.3) is 0 Å². The van der Waals surface area contributed by atoms with Crippen molar-refractivity contribution in [3.05, 3.63) is 52.6 Å². The number of halogens is 2. The quantitative estimate of drug-likeness (QED) is 0.569. The zero-order valence-electron chi connectivity index (χ0n) is 17.0. The maximum atomic E-state index is 15.1. The first kappa shape index (κ1) is 20.3. The number of rotatable bonds is 3. The molecule has 1 aromatic carbocycles. The van der Waals surface area contributed by atoms with E-state index in [1.54, 1.807) is 18.3 Å². The maximum absolute atomic E-state index is 15.1. The predicted molar refractivity (Wildman–Crippen MR) is 111 cm³/mol. The number of carbonyl (C=O) groups is 1. The molecule has 3 heterocycles. The van der Waals surface area contributed by atoms with E-state index in [0.717, 1.165) is 5.56 Å². The van der Waals surface area contributed by atoms with Crippen molar-refractivity contribution in [2.24, 2.45) is 0 Å². The van der Waals surface area contributed by atoms with Crippen molar-refractivity contribution in [3.8, 4) is 0 Å². The minimum atomic E-state index is -0.640. The largest absolute Gasteiger partial charge is 0.494 e. The molecule has 1 amide bonds. The van der Waals surface area contributed by atoms with Gasteiger partial charge in [0.05, 0.1) is 23.3 Å². The Morgan fingerprint density at radius 2 is 1.97 bits per heavy atom.